The summed E-state index contributed by atoms with van der Waals surface area (Å²) in [6.07, 6.45) is 0. The number of H-pyrrole nitrogens is 1. The van der Waals surface area contributed by atoms with Gasteiger partial charge in [0.2, 0.25) is 0 Å². The molecular weight excluding hydrogens is 300 g/mol. The number of aromatic amines is 1. The Bertz CT molecular complexity index is 857. The molecule has 0 aliphatic rings. The molecule has 3 rings (SSSR count). The smallest absolute Gasteiger partial charge is 0.178 e. The minimum atomic E-state index is 0.198. The lowest BCUT2D eigenvalue weighted by atomic mass is 10.1. The van der Waals surface area contributed by atoms with Gasteiger partial charge < -0.3 is 14.3 Å². The van der Waals surface area contributed by atoms with Gasteiger partial charge in [-0.05, 0) is 56.8 Å². The normalized spacial score (nSPS) is 12.8. The number of hydrogen-bond acceptors (Lipinski definition) is 3. The Balaban J connectivity index is 2.23. The molecule has 110 valence electrons. The van der Waals surface area contributed by atoms with Crippen molar-refractivity contribution in [3.8, 4) is 5.75 Å². The third-order valence-corrected chi connectivity index (χ3v) is 5.13. The summed E-state index contributed by atoms with van der Waals surface area (Å²) in [6.45, 7) is 6.50. The van der Waals surface area contributed by atoms with E-state index >= 15 is 0 Å². The highest BCUT2D eigenvalue weighted by atomic mass is 32.1. The first-order valence-corrected chi connectivity index (χ1v) is 8.09. The van der Waals surface area contributed by atoms with Gasteiger partial charge in [-0.25, -0.2) is 0 Å². The van der Waals surface area contributed by atoms with Crippen LogP contribution in [0.25, 0.3) is 11.0 Å². The fourth-order valence-corrected chi connectivity index (χ4v) is 4.26. The number of para-hydroxylation sites is 1. The largest absolute Gasteiger partial charge is 0.494 e. The molecule has 0 saturated carbocycles. The molecular formula is C16H18N2OS2. The Morgan fingerprint density at radius 1 is 1.33 bits per heavy atom. The van der Waals surface area contributed by atoms with E-state index in [1.165, 1.54) is 15.3 Å². The van der Waals surface area contributed by atoms with Crippen molar-refractivity contribution in [1.29, 1.82) is 0 Å². The number of aryl methyl sites for hydroxylation is 2. The van der Waals surface area contributed by atoms with Crippen molar-refractivity contribution in [2.45, 2.75) is 26.8 Å². The molecule has 0 radical (unpaired) electrons. The predicted octanol–water partition coefficient (Wildman–Crippen LogP) is 5.00. The van der Waals surface area contributed by atoms with Gasteiger partial charge in [-0.1, -0.05) is 6.07 Å². The molecule has 1 aromatic carbocycles. The first-order valence-electron chi connectivity index (χ1n) is 6.87. The number of nitrogens with zero attached hydrogens (tertiary/aromatic N) is 1. The van der Waals surface area contributed by atoms with Gasteiger partial charge in [0, 0.05) is 9.75 Å². The third kappa shape index (κ3) is 2.30. The van der Waals surface area contributed by atoms with E-state index in [0.29, 0.717) is 0 Å². The van der Waals surface area contributed by atoms with Crippen LogP contribution in [0.15, 0.2) is 24.3 Å². The number of aromatic nitrogens is 2. The topological polar surface area (TPSA) is 29.9 Å². The molecule has 1 N–H and O–H groups in total. The molecule has 0 fully saturated rings. The van der Waals surface area contributed by atoms with E-state index in [9.17, 15) is 0 Å². The highest BCUT2D eigenvalue weighted by molar-refractivity contribution is 7.71. The second kappa shape index (κ2) is 5.31. The monoisotopic (exact) mass is 318 g/mol. The van der Waals surface area contributed by atoms with Crippen molar-refractivity contribution in [2.75, 3.05) is 7.11 Å². The Morgan fingerprint density at radius 2 is 2.10 bits per heavy atom. The van der Waals surface area contributed by atoms with E-state index in [1.54, 1.807) is 7.11 Å². The molecule has 0 aliphatic heterocycles. The molecule has 3 nitrogen and oxygen atoms in total. The first kappa shape index (κ1) is 14.4. The summed E-state index contributed by atoms with van der Waals surface area (Å²) in [5.41, 5.74) is 3.37. The summed E-state index contributed by atoms with van der Waals surface area (Å²) in [4.78, 5) is 5.96. The number of thiophene rings is 1. The van der Waals surface area contributed by atoms with Crippen LogP contribution in [0, 0.1) is 18.6 Å². The number of ether oxygens (including phenoxy) is 1. The Morgan fingerprint density at radius 3 is 2.71 bits per heavy atom. The van der Waals surface area contributed by atoms with Gasteiger partial charge in [-0.3, -0.25) is 0 Å². The molecule has 21 heavy (non-hydrogen) atoms. The minimum Gasteiger partial charge on any atom is -0.494 e. The first-order chi connectivity index (χ1) is 10.0. The van der Waals surface area contributed by atoms with E-state index in [2.05, 4.69) is 42.5 Å². The van der Waals surface area contributed by atoms with Gasteiger partial charge >= 0.3 is 0 Å². The fraction of sp³-hybridized carbons (Fsp3) is 0.312. The van der Waals surface area contributed by atoms with Gasteiger partial charge in [0.15, 0.2) is 4.77 Å². The highest BCUT2D eigenvalue weighted by Gasteiger charge is 2.18. The van der Waals surface area contributed by atoms with E-state index in [-0.39, 0.29) is 6.04 Å². The molecule has 0 saturated heterocycles. The van der Waals surface area contributed by atoms with Crippen molar-refractivity contribution in [2.24, 2.45) is 0 Å². The molecule has 0 spiro atoms. The zero-order chi connectivity index (χ0) is 15.1. The van der Waals surface area contributed by atoms with E-state index < -0.39 is 0 Å². The average molecular weight is 318 g/mol. The molecule has 5 heteroatoms. The van der Waals surface area contributed by atoms with Crippen molar-refractivity contribution in [3.05, 3.63) is 44.4 Å². The zero-order valence-corrected chi connectivity index (χ0v) is 14.2. The summed E-state index contributed by atoms with van der Waals surface area (Å²) in [5.74, 6) is 0.822. The van der Waals surface area contributed by atoms with Crippen LogP contribution >= 0.6 is 23.6 Å². The van der Waals surface area contributed by atoms with Crippen LogP contribution in [0.5, 0.6) is 5.75 Å². The maximum Gasteiger partial charge on any atom is 0.178 e. The molecule has 1 atom stereocenters. The summed E-state index contributed by atoms with van der Waals surface area (Å²) >= 11 is 7.37. The number of imidazole rings is 1. The van der Waals surface area contributed by atoms with Crippen molar-refractivity contribution >= 4 is 34.6 Å². The molecule has 1 unspecified atom stereocenters. The number of hydrogen-bond donors (Lipinski definition) is 1. The van der Waals surface area contributed by atoms with Gasteiger partial charge in [0.1, 0.15) is 11.3 Å². The van der Waals surface area contributed by atoms with Crippen LogP contribution in [0.4, 0.5) is 0 Å². The van der Waals surface area contributed by atoms with Crippen LogP contribution in [-0.4, -0.2) is 16.7 Å². The Hall–Kier alpha value is -1.59. The van der Waals surface area contributed by atoms with Crippen molar-refractivity contribution < 1.29 is 4.74 Å². The minimum absolute atomic E-state index is 0.198. The van der Waals surface area contributed by atoms with Crippen molar-refractivity contribution in [3.63, 3.8) is 0 Å². The SMILES string of the molecule is COc1cccc2c1[nH]c(=S)n2C(C)c1cc(C)sc1C. The molecule has 3 aromatic rings. The summed E-state index contributed by atoms with van der Waals surface area (Å²) < 4.78 is 8.32. The Labute approximate surface area is 133 Å². The zero-order valence-electron chi connectivity index (χ0n) is 12.6. The second-order valence-corrected chi connectivity index (χ2v) is 7.05. The number of fused-ring (bicyclic) bond motifs is 1. The average Bonchev–Trinajstić information content (AvgIpc) is 2.96. The maximum atomic E-state index is 5.54. The van der Waals surface area contributed by atoms with Gasteiger partial charge in [0.05, 0.1) is 18.7 Å². The van der Waals surface area contributed by atoms with Gasteiger partial charge in [-0.15, -0.1) is 11.3 Å². The van der Waals surface area contributed by atoms with Crippen molar-refractivity contribution in [1.82, 2.24) is 9.55 Å². The van der Waals surface area contributed by atoms with E-state index in [4.69, 9.17) is 17.0 Å². The summed E-state index contributed by atoms with van der Waals surface area (Å²) in [6, 6.07) is 8.48. The summed E-state index contributed by atoms with van der Waals surface area (Å²) in [7, 11) is 1.68. The lowest BCUT2D eigenvalue weighted by molar-refractivity contribution is 0.419. The number of rotatable bonds is 3. The highest BCUT2D eigenvalue weighted by Crippen LogP contribution is 2.33. The maximum absolute atomic E-state index is 5.54. The standard InChI is InChI=1S/C16H18N2OS2/c1-9-8-12(11(3)21-9)10(2)18-13-6-5-7-14(19-4)15(13)17-16(18)20/h5-8,10H,1-4H3,(H,17,20). The van der Waals surface area contributed by atoms with Crippen LogP contribution in [0.3, 0.4) is 0 Å². The molecule has 2 heterocycles. The van der Waals surface area contributed by atoms with E-state index in [1.807, 2.05) is 23.5 Å². The molecule has 2 aromatic heterocycles. The van der Waals surface area contributed by atoms with Crippen LogP contribution in [0.1, 0.15) is 28.3 Å². The summed E-state index contributed by atoms with van der Waals surface area (Å²) in [5, 5.41) is 0. The number of methoxy groups -OCH3 is 1. The molecule has 0 bridgehead atoms. The van der Waals surface area contributed by atoms with Crippen LogP contribution in [0.2, 0.25) is 0 Å². The number of benzene rings is 1. The fourth-order valence-electron chi connectivity index (χ4n) is 2.88. The Kier molecular flexibility index (Phi) is 3.63. The van der Waals surface area contributed by atoms with Gasteiger partial charge in [-0.2, -0.15) is 0 Å². The lowest BCUT2D eigenvalue weighted by Crippen LogP contribution is -2.06. The van der Waals surface area contributed by atoms with Gasteiger partial charge in [0.25, 0.3) is 0 Å². The molecule has 0 aliphatic carbocycles. The molecule has 0 amide bonds. The quantitative estimate of drug-likeness (QED) is 0.689. The van der Waals surface area contributed by atoms with Crippen LogP contribution < -0.4 is 4.74 Å². The predicted molar refractivity (Wildman–Crippen MR) is 91.3 cm³/mol. The van der Waals surface area contributed by atoms with E-state index in [0.717, 1.165) is 21.6 Å². The number of nitrogens with one attached hydrogen (secondary N) is 1. The lowest BCUT2D eigenvalue weighted by Gasteiger charge is -2.15. The third-order valence-electron chi connectivity index (χ3n) is 3.85. The second-order valence-electron chi connectivity index (χ2n) is 5.20. The van der Waals surface area contributed by atoms with Crippen LogP contribution in [-0.2, 0) is 0 Å².